The van der Waals surface area contributed by atoms with Gasteiger partial charge in [-0.15, -0.1) is 0 Å². The summed E-state index contributed by atoms with van der Waals surface area (Å²) in [6, 6.07) is -0.494. The van der Waals surface area contributed by atoms with Crippen molar-refractivity contribution in [2.24, 2.45) is 11.3 Å². The lowest BCUT2D eigenvalue weighted by molar-refractivity contribution is -0.164. The Balaban J connectivity index is 2.01. The van der Waals surface area contributed by atoms with Crippen molar-refractivity contribution in [2.75, 3.05) is 5.73 Å². The first-order valence-electron chi connectivity index (χ1n) is 13.7. The maximum Gasteiger partial charge on any atom is 0.409 e. The molecule has 8 N–H and O–H groups in total. The van der Waals surface area contributed by atoms with Gasteiger partial charge >= 0.3 is 7.75 Å². The van der Waals surface area contributed by atoms with Crippen LogP contribution in [-0.2, 0) is 18.3 Å². The van der Waals surface area contributed by atoms with Crippen molar-refractivity contribution in [1.82, 2.24) is 24.6 Å². The molecule has 1 saturated heterocycles. The zero-order valence-electron chi connectivity index (χ0n) is 25.1. The monoisotopic (exact) mass is 634 g/mol. The number of H-pyrrole nitrogens is 1. The number of hydrogen-bond donors (Lipinski definition) is 7. The lowest BCUT2D eigenvalue weighted by Gasteiger charge is -2.48. The van der Waals surface area contributed by atoms with E-state index in [-0.39, 0.29) is 17.1 Å². The maximum atomic E-state index is 14.3. The van der Waals surface area contributed by atoms with Crippen LogP contribution in [0.2, 0.25) is 0 Å². The number of nitrogen functional groups attached to an aromatic ring is 1. The molecule has 4 unspecified atom stereocenters. The third-order valence-corrected chi connectivity index (χ3v) is 9.61. The van der Waals surface area contributed by atoms with Crippen molar-refractivity contribution in [1.29, 1.82) is 0 Å². The summed E-state index contributed by atoms with van der Waals surface area (Å²) in [5, 5.41) is 46.5. The molecule has 3 rings (SSSR count). The first-order valence-corrected chi connectivity index (χ1v) is 15.6. The summed E-state index contributed by atoms with van der Waals surface area (Å²) < 4.78 is 33.1. The molecule has 0 saturated carbocycles. The van der Waals surface area contributed by atoms with Gasteiger partial charge in [0.1, 0.15) is 17.8 Å². The fourth-order valence-electron chi connectivity index (χ4n) is 5.48. The Bertz CT molecular complexity index is 1390. The molecule has 1 aliphatic heterocycles. The number of rotatable bonds is 12. The van der Waals surface area contributed by atoms with Crippen LogP contribution in [0, 0.1) is 11.3 Å². The van der Waals surface area contributed by atoms with Gasteiger partial charge in [0.15, 0.2) is 34.3 Å². The van der Waals surface area contributed by atoms with Crippen LogP contribution in [0.3, 0.4) is 0 Å². The van der Waals surface area contributed by atoms with E-state index in [1.807, 2.05) is 6.92 Å². The molecular formula is C25H43N6O9PS. The molecule has 3 heterocycles. The number of nitrogens with two attached hydrogens (primary N) is 1. The predicted molar refractivity (Wildman–Crippen MR) is 159 cm³/mol. The molecule has 1 fully saturated rings. The smallest absolute Gasteiger partial charge is 0.409 e. The van der Waals surface area contributed by atoms with Crippen molar-refractivity contribution in [2.45, 2.75) is 110 Å². The highest BCUT2D eigenvalue weighted by molar-refractivity contribution is 7.80. The fourth-order valence-corrected chi connectivity index (χ4v) is 8.21. The van der Waals surface area contributed by atoms with E-state index in [1.54, 1.807) is 41.5 Å². The van der Waals surface area contributed by atoms with Crippen LogP contribution < -0.4 is 16.4 Å². The third kappa shape index (κ3) is 6.28. The Morgan fingerprint density at radius 2 is 2.00 bits per heavy atom. The normalized spacial score (nSPS) is 27.6. The number of aromatic nitrogens is 4. The summed E-state index contributed by atoms with van der Waals surface area (Å²) in [5.41, 5.74) is 0.265. The summed E-state index contributed by atoms with van der Waals surface area (Å²) in [6.07, 6.45) is -4.61. The molecule has 0 aliphatic carbocycles. The van der Waals surface area contributed by atoms with Crippen molar-refractivity contribution in [3.8, 4) is 0 Å². The summed E-state index contributed by atoms with van der Waals surface area (Å²) in [5.74, 6) is -0.647. The van der Waals surface area contributed by atoms with Crippen LogP contribution in [0.15, 0.2) is 11.1 Å². The minimum absolute atomic E-state index is 0.0448. The summed E-state index contributed by atoms with van der Waals surface area (Å²) >= 11 is 5.25. The van der Waals surface area contributed by atoms with Crippen LogP contribution in [0.4, 0.5) is 5.95 Å². The lowest BCUT2D eigenvalue weighted by Crippen LogP contribution is -2.56. The highest BCUT2D eigenvalue weighted by Crippen LogP contribution is 2.57. The van der Waals surface area contributed by atoms with E-state index in [0.29, 0.717) is 12.8 Å². The van der Waals surface area contributed by atoms with Crippen LogP contribution in [0.1, 0.15) is 74.5 Å². The number of hydrogen-bond acceptors (Lipinski definition) is 12. The van der Waals surface area contributed by atoms with Gasteiger partial charge in [-0.2, -0.15) is 4.98 Å². The van der Waals surface area contributed by atoms with E-state index in [1.165, 1.54) is 11.5 Å². The molecule has 0 amide bonds. The number of thiocarbonyl (C=S) groups is 1. The molecule has 17 heteroatoms. The Kier molecular flexibility index (Phi) is 9.99. The zero-order valence-corrected chi connectivity index (χ0v) is 26.8. The van der Waals surface area contributed by atoms with Gasteiger partial charge in [0.25, 0.3) is 5.56 Å². The second-order valence-electron chi connectivity index (χ2n) is 12.2. The molecule has 42 heavy (non-hydrogen) atoms. The standard InChI is InChI=1S/C25H43N6O9PS/c1-9-10-13(4)25(21(35)42,23(5,6)7)40-41(37,30-12(2)3)39-19(34)15-16(32)24(8,36)20(38-15)31-11-27-14-17(31)28-22(26)29-18(14)33/h11-13,15-16,19-20,32,34,36H,9-10H2,1-8H3,(H,30,37)(H,35,42)(H3,26,28,29,33)/t13?,15-,16+,19?,20+,24+,25?,41?/m0/s1. The largest absolute Gasteiger partial charge is 0.500 e. The van der Waals surface area contributed by atoms with E-state index in [9.17, 15) is 29.8 Å². The number of aliphatic hydroxyl groups excluding tert-OH is 3. The number of imidazole rings is 1. The van der Waals surface area contributed by atoms with Crippen molar-refractivity contribution >= 4 is 42.1 Å². The molecule has 0 bridgehead atoms. The van der Waals surface area contributed by atoms with Gasteiger partial charge in [0.05, 0.1) is 6.33 Å². The van der Waals surface area contributed by atoms with Crippen molar-refractivity contribution in [3.05, 3.63) is 16.7 Å². The van der Waals surface area contributed by atoms with Crippen molar-refractivity contribution < 1.29 is 38.8 Å². The van der Waals surface area contributed by atoms with E-state index in [0.717, 1.165) is 6.33 Å². The highest BCUT2D eigenvalue weighted by Gasteiger charge is 2.59. The van der Waals surface area contributed by atoms with E-state index in [4.69, 9.17) is 31.7 Å². The van der Waals surface area contributed by atoms with Gasteiger partial charge in [-0.25, -0.2) is 14.6 Å². The molecular weight excluding hydrogens is 591 g/mol. The first kappa shape index (κ1) is 34.5. The van der Waals surface area contributed by atoms with E-state index in [2.05, 4.69) is 20.0 Å². The number of aromatic amines is 1. The average molecular weight is 635 g/mol. The number of ether oxygens (including phenoxy) is 1. The Morgan fingerprint density at radius 3 is 2.52 bits per heavy atom. The molecule has 0 radical (unpaired) electrons. The molecule has 15 nitrogen and oxygen atoms in total. The Labute approximate surface area is 249 Å². The Morgan fingerprint density at radius 1 is 1.38 bits per heavy atom. The van der Waals surface area contributed by atoms with Gasteiger partial charge in [0.2, 0.25) is 5.95 Å². The number of fused-ring (bicyclic) bond motifs is 1. The topological polar surface area (TPSA) is 227 Å². The second-order valence-corrected chi connectivity index (χ2v) is 14.3. The Hall–Kier alpha value is -2.01. The molecule has 2 aromatic heterocycles. The molecule has 8 atom stereocenters. The lowest BCUT2D eigenvalue weighted by atomic mass is 9.68. The van der Waals surface area contributed by atoms with Gasteiger partial charge in [-0.05, 0) is 45.3 Å². The van der Waals surface area contributed by atoms with Crippen molar-refractivity contribution in [3.63, 3.8) is 0 Å². The molecule has 238 valence electrons. The first-order chi connectivity index (χ1) is 19.2. The third-order valence-electron chi connectivity index (χ3n) is 7.46. The molecule has 0 aromatic carbocycles. The number of anilines is 1. The number of aliphatic hydroxyl groups is 4. The van der Waals surface area contributed by atoms with Gasteiger partial charge in [-0.3, -0.25) is 23.4 Å². The van der Waals surface area contributed by atoms with Gasteiger partial charge < -0.3 is 30.9 Å². The number of nitrogens with one attached hydrogen (secondary N) is 2. The fraction of sp³-hybridized carbons (Fsp3) is 0.760. The van der Waals surface area contributed by atoms with Crippen LogP contribution in [0.25, 0.3) is 11.2 Å². The van der Waals surface area contributed by atoms with Crippen LogP contribution in [0.5, 0.6) is 0 Å². The van der Waals surface area contributed by atoms with E-state index < -0.39 is 71.7 Å². The summed E-state index contributed by atoms with van der Waals surface area (Å²) in [7, 11) is -4.55. The minimum atomic E-state index is -4.55. The molecule has 2 aromatic rings. The summed E-state index contributed by atoms with van der Waals surface area (Å²) in [6.45, 7) is 13.6. The molecule has 1 aliphatic rings. The minimum Gasteiger partial charge on any atom is -0.500 e. The maximum absolute atomic E-state index is 14.3. The summed E-state index contributed by atoms with van der Waals surface area (Å²) in [4.78, 5) is 22.6. The predicted octanol–water partition coefficient (Wildman–Crippen LogP) is 2.28. The highest BCUT2D eigenvalue weighted by atomic mass is 32.1. The quantitative estimate of drug-likeness (QED) is 0.101. The van der Waals surface area contributed by atoms with Crippen LogP contribution >= 0.6 is 20.0 Å². The average Bonchev–Trinajstić information content (AvgIpc) is 3.34. The van der Waals surface area contributed by atoms with E-state index >= 15 is 0 Å². The van der Waals surface area contributed by atoms with Gasteiger partial charge in [-0.1, -0.05) is 41.0 Å². The SMILES string of the molecule is CCCC(C)C(OP(=O)(NC(C)C)OC(O)[C@H]1O[C@@H](n2cnc3c(=O)[nH]c(N)nc32)[C@](C)(O)[C@@H]1O)(C(O)=S)C(C)(C)C. The zero-order chi connectivity index (χ0) is 32.0. The number of nitrogens with zero attached hydrogens (tertiary/aromatic N) is 3. The second kappa shape index (κ2) is 12.2. The molecule has 0 spiro atoms. The van der Waals surface area contributed by atoms with Gasteiger partial charge in [0, 0.05) is 11.5 Å². The van der Waals surface area contributed by atoms with Crippen LogP contribution in [-0.4, -0.2) is 80.7 Å².